The minimum atomic E-state index is -0.266. The lowest BCUT2D eigenvalue weighted by Gasteiger charge is -2.34. The summed E-state index contributed by atoms with van der Waals surface area (Å²) in [7, 11) is 1.63. The molecule has 0 unspecified atom stereocenters. The van der Waals surface area contributed by atoms with Crippen molar-refractivity contribution in [1.82, 2.24) is 0 Å². The van der Waals surface area contributed by atoms with Crippen LogP contribution in [-0.2, 0) is 0 Å². The van der Waals surface area contributed by atoms with Crippen LogP contribution in [0.4, 0.5) is 0 Å². The molecule has 1 aliphatic rings. The monoisotopic (exact) mass is 253 g/mol. The van der Waals surface area contributed by atoms with Crippen molar-refractivity contribution in [2.75, 3.05) is 7.11 Å². The zero-order valence-electron chi connectivity index (χ0n) is 9.00. The summed E-state index contributed by atoms with van der Waals surface area (Å²) in [6.07, 6.45) is 3.02. The van der Waals surface area contributed by atoms with Crippen LogP contribution < -0.4 is 4.74 Å². The summed E-state index contributed by atoms with van der Waals surface area (Å²) < 4.78 is 5.00. The summed E-state index contributed by atoms with van der Waals surface area (Å²) in [6.45, 7) is 0. The maximum Gasteiger partial charge on any atom is 0.132 e. The highest BCUT2D eigenvalue weighted by Crippen LogP contribution is 2.49. The number of ether oxygens (including phenoxy) is 1. The normalized spacial score (nSPS) is 17.3. The Morgan fingerprint density at radius 1 is 1.50 bits per heavy atom. The van der Waals surface area contributed by atoms with E-state index in [1.807, 2.05) is 12.1 Å². The van der Waals surface area contributed by atoms with Gasteiger partial charge in [-0.25, -0.2) is 0 Å². The van der Waals surface area contributed by atoms with E-state index in [0.29, 0.717) is 5.02 Å². The molecule has 1 aromatic rings. The maximum absolute atomic E-state index is 9.19. The van der Waals surface area contributed by atoms with Gasteiger partial charge in [0.15, 0.2) is 0 Å². The second-order valence-corrected chi connectivity index (χ2v) is 5.72. The van der Waals surface area contributed by atoms with Gasteiger partial charge in [0.05, 0.1) is 18.1 Å². The van der Waals surface area contributed by atoms with Crippen LogP contribution in [0.25, 0.3) is 0 Å². The molecule has 2 rings (SSSR count). The SMILES string of the molecule is COc1ccc(Cl)cc1SC1(C#N)CCC1. The molecule has 0 heterocycles. The number of hydrogen-bond acceptors (Lipinski definition) is 3. The van der Waals surface area contributed by atoms with Crippen molar-refractivity contribution in [3.05, 3.63) is 23.2 Å². The van der Waals surface area contributed by atoms with Crippen molar-refractivity contribution in [2.24, 2.45) is 0 Å². The van der Waals surface area contributed by atoms with Crippen molar-refractivity contribution < 1.29 is 4.74 Å². The quantitative estimate of drug-likeness (QED) is 0.819. The molecule has 2 nitrogen and oxygen atoms in total. The summed E-state index contributed by atoms with van der Waals surface area (Å²) >= 11 is 7.53. The molecule has 84 valence electrons. The Labute approximate surface area is 105 Å². The van der Waals surface area contributed by atoms with Gasteiger partial charge < -0.3 is 4.74 Å². The summed E-state index contributed by atoms with van der Waals surface area (Å²) in [5.74, 6) is 0.788. The van der Waals surface area contributed by atoms with E-state index in [4.69, 9.17) is 16.3 Å². The van der Waals surface area contributed by atoms with Crippen LogP contribution in [0.2, 0.25) is 5.02 Å². The summed E-state index contributed by atoms with van der Waals surface area (Å²) in [5, 5.41) is 9.86. The van der Waals surface area contributed by atoms with E-state index in [0.717, 1.165) is 29.9 Å². The number of nitriles is 1. The van der Waals surface area contributed by atoms with Gasteiger partial charge >= 0.3 is 0 Å². The van der Waals surface area contributed by atoms with Crippen LogP contribution in [0, 0.1) is 11.3 Å². The molecule has 1 aromatic carbocycles. The van der Waals surface area contributed by atoms with Gasteiger partial charge in [0.1, 0.15) is 10.5 Å². The lowest BCUT2D eigenvalue weighted by atomic mass is 9.86. The first-order valence-corrected chi connectivity index (χ1v) is 6.32. The first-order chi connectivity index (χ1) is 7.69. The van der Waals surface area contributed by atoms with E-state index in [9.17, 15) is 5.26 Å². The third-order valence-electron chi connectivity index (χ3n) is 2.80. The molecule has 4 heteroatoms. The maximum atomic E-state index is 9.19. The van der Waals surface area contributed by atoms with Gasteiger partial charge in [-0.1, -0.05) is 23.4 Å². The van der Waals surface area contributed by atoms with Crippen molar-refractivity contribution in [2.45, 2.75) is 28.9 Å². The topological polar surface area (TPSA) is 33.0 Å². The fourth-order valence-corrected chi connectivity index (χ4v) is 3.31. The van der Waals surface area contributed by atoms with Gasteiger partial charge in [0.25, 0.3) is 0 Å². The average Bonchev–Trinajstić information content (AvgIpc) is 2.24. The lowest BCUT2D eigenvalue weighted by Crippen LogP contribution is -2.31. The van der Waals surface area contributed by atoms with Gasteiger partial charge in [0.2, 0.25) is 0 Å². The summed E-state index contributed by atoms with van der Waals surface area (Å²) in [4.78, 5) is 0.955. The van der Waals surface area contributed by atoms with E-state index in [1.165, 1.54) is 0 Å². The van der Waals surface area contributed by atoms with Crippen molar-refractivity contribution >= 4 is 23.4 Å². The van der Waals surface area contributed by atoms with E-state index in [-0.39, 0.29) is 4.75 Å². The predicted octanol–water partition coefficient (Wildman–Crippen LogP) is 3.89. The molecule has 1 saturated carbocycles. The van der Waals surface area contributed by atoms with Crippen molar-refractivity contribution in [3.8, 4) is 11.8 Å². The third kappa shape index (κ3) is 2.14. The molecule has 0 atom stereocenters. The van der Waals surface area contributed by atoms with Gasteiger partial charge in [-0.3, -0.25) is 0 Å². The molecule has 0 radical (unpaired) electrons. The average molecular weight is 254 g/mol. The molecular weight excluding hydrogens is 242 g/mol. The number of benzene rings is 1. The Kier molecular flexibility index (Phi) is 3.32. The van der Waals surface area contributed by atoms with Gasteiger partial charge in [-0.2, -0.15) is 5.26 Å². The van der Waals surface area contributed by atoms with Crippen LogP contribution in [-0.4, -0.2) is 11.9 Å². The highest BCUT2D eigenvalue weighted by molar-refractivity contribution is 8.01. The summed E-state index contributed by atoms with van der Waals surface area (Å²) in [6, 6.07) is 7.90. The zero-order valence-corrected chi connectivity index (χ0v) is 10.6. The second kappa shape index (κ2) is 4.57. The minimum absolute atomic E-state index is 0.266. The molecule has 0 saturated heterocycles. The number of hydrogen-bond donors (Lipinski definition) is 0. The number of halogens is 1. The predicted molar refractivity (Wildman–Crippen MR) is 66.1 cm³/mol. The van der Waals surface area contributed by atoms with Gasteiger partial charge in [-0.05, 0) is 37.5 Å². The van der Waals surface area contributed by atoms with Gasteiger partial charge in [-0.15, -0.1) is 0 Å². The fraction of sp³-hybridized carbons (Fsp3) is 0.417. The molecule has 1 fully saturated rings. The van der Waals surface area contributed by atoms with Crippen LogP contribution in [0.15, 0.2) is 23.1 Å². The van der Waals surface area contributed by atoms with E-state index >= 15 is 0 Å². The van der Waals surface area contributed by atoms with E-state index in [1.54, 1.807) is 24.9 Å². The Bertz CT molecular complexity index is 437. The summed E-state index contributed by atoms with van der Waals surface area (Å²) in [5.41, 5.74) is 0. The van der Waals surface area contributed by atoms with Crippen LogP contribution >= 0.6 is 23.4 Å². The molecular formula is C12H12ClNOS. The number of nitrogens with zero attached hydrogens (tertiary/aromatic N) is 1. The van der Waals surface area contributed by atoms with Gasteiger partial charge in [0, 0.05) is 5.02 Å². The first-order valence-electron chi connectivity index (χ1n) is 5.13. The van der Waals surface area contributed by atoms with Crippen LogP contribution in [0.1, 0.15) is 19.3 Å². The second-order valence-electron chi connectivity index (χ2n) is 3.86. The zero-order chi connectivity index (χ0) is 11.6. The number of rotatable bonds is 3. The highest BCUT2D eigenvalue weighted by atomic mass is 35.5. The Balaban J connectivity index is 2.26. The largest absolute Gasteiger partial charge is 0.496 e. The molecule has 16 heavy (non-hydrogen) atoms. The first kappa shape index (κ1) is 11.6. The molecule has 0 aromatic heterocycles. The van der Waals surface area contributed by atoms with E-state index in [2.05, 4.69) is 6.07 Å². The van der Waals surface area contributed by atoms with Crippen molar-refractivity contribution in [3.63, 3.8) is 0 Å². The molecule has 0 amide bonds. The third-order valence-corrected chi connectivity index (χ3v) is 4.46. The Morgan fingerprint density at radius 3 is 2.75 bits per heavy atom. The van der Waals surface area contributed by atoms with Crippen LogP contribution in [0.5, 0.6) is 5.75 Å². The lowest BCUT2D eigenvalue weighted by molar-refractivity contribution is 0.402. The highest BCUT2D eigenvalue weighted by Gasteiger charge is 2.39. The standard InChI is InChI=1S/C12H12ClNOS/c1-15-10-4-3-9(13)7-11(10)16-12(8-14)5-2-6-12/h3-4,7H,2,5-6H2,1H3. The molecule has 0 bridgehead atoms. The minimum Gasteiger partial charge on any atom is -0.496 e. The fourth-order valence-electron chi connectivity index (χ4n) is 1.68. The molecule has 0 aliphatic heterocycles. The molecule has 0 spiro atoms. The smallest absolute Gasteiger partial charge is 0.132 e. The molecule has 0 N–H and O–H groups in total. The van der Waals surface area contributed by atoms with E-state index < -0.39 is 0 Å². The van der Waals surface area contributed by atoms with Crippen molar-refractivity contribution in [1.29, 1.82) is 5.26 Å². The Morgan fingerprint density at radius 2 is 2.25 bits per heavy atom. The number of methoxy groups -OCH3 is 1. The Hall–Kier alpha value is -0.850. The van der Waals surface area contributed by atoms with Crippen LogP contribution in [0.3, 0.4) is 0 Å². The molecule has 1 aliphatic carbocycles. The number of thioether (sulfide) groups is 1.